The van der Waals surface area contributed by atoms with Gasteiger partial charge in [0.2, 0.25) is 5.78 Å². The van der Waals surface area contributed by atoms with E-state index < -0.39 is 0 Å². The molecule has 4 heteroatoms. The van der Waals surface area contributed by atoms with Crippen LogP contribution in [0.2, 0.25) is 0 Å². The Labute approximate surface area is 176 Å². The van der Waals surface area contributed by atoms with Crippen molar-refractivity contribution in [3.8, 4) is 11.3 Å². The predicted molar refractivity (Wildman–Crippen MR) is 115 cm³/mol. The lowest BCUT2D eigenvalue weighted by molar-refractivity contribution is -0.00983. The maximum Gasteiger partial charge on any atom is 0.215 e. The van der Waals surface area contributed by atoms with Gasteiger partial charge in [-0.05, 0) is 56.3 Å². The van der Waals surface area contributed by atoms with Gasteiger partial charge in [0.1, 0.15) is 5.69 Å². The van der Waals surface area contributed by atoms with Gasteiger partial charge in [-0.2, -0.15) is 0 Å². The summed E-state index contributed by atoms with van der Waals surface area (Å²) in [6.07, 6.45) is 7.68. The van der Waals surface area contributed by atoms with Crippen molar-refractivity contribution >= 4 is 5.78 Å². The third kappa shape index (κ3) is 2.89. The molecule has 4 fully saturated rings. The summed E-state index contributed by atoms with van der Waals surface area (Å²) in [6.45, 7) is 0. The highest BCUT2D eigenvalue weighted by atomic mass is 16.1. The fraction of sp³-hybridized carbons (Fsp3) is 0.385. The fourth-order valence-electron chi connectivity index (χ4n) is 6.61. The standard InChI is InChI=1S/C26H25N3O/c30-24(21-9-5-2-6-10-21)23-22(20-7-3-1-4-8-20)27-25(29-28-23)26-14-17-11-18(15-26)13-19(12-17)16-26/h1-10,17-19H,11-16H2. The minimum Gasteiger partial charge on any atom is -0.287 e. The molecule has 0 N–H and O–H groups in total. The van der Waals surface area contributed by atoms with Crippen LogP contribution in [0.15, 0.2) is 60.7 Å². The molecule has 1 heterocycles. The molecule has 4 aliphatic rings. The summed E-state index contributed by atoms with van der Waals surface area (Å²) < 4.78 is 0. The molecule has 2 aromatic carbocycles. The van der Waals surface area contributed by atoms with Crippen molar-refractivity contribution in [1.82, 2.24) is 15.2 Å². The van der Waals surface area contributed by atoms with Crippen LogP contribution in [0.1, 0.15) is 60.4 Å². The fourth-order valence-corrected chi connectivity index (χ4v) is 6.61. The maximum atomic E-state index is 13.3. The second-order valence-electron chi connectivity index (χ2n) is 9.59. The molecule has 4 saturated carbocycles. The van der Waals surface area contributed by atoms with Crippen molar-refractivity contribution in [2.45, 2.75) is 43.9 Å². The molecule has 1 aromatic heterocycles. The Kier molecular flexibility index (Phi) is 4.08. The summed E-state index contributed by atoms with van der Waals surface area (Å²) in [5.74, 6) is 3.18. The second kappa shape index (κ2) is 6.83. The Bertz CT molecular complexity index is 1060. The molecule has 0 unspecified atom stereocenters. The van der Waals surface area contributed by atoms with Gasteiger partial charge < -0.3 is 0 Å². The normalized spacial score (nSPS) is 29.1. The number of aromatic nitrogens is 3. The molecule has 4 aliphatic carbocycles. The first kappa shape index (κ1) is 17.9. The van der Waals surface area contributed by atoms with E-state index in [-0.39, 0.29) is 11.2 Å². The number of carbonyl (C=O) groups is 1. The lowest BCUT2D eigenvalue weighted by atomic mass is 9.49. The van der Waals surface area contributed by atoms with Crippen LogP contribution in [0.4, 0.5) is 0 Å². The van der Waals surface area contributed by atoms with Crippen molar-refractivity contribution < 1.29 is 4.79 Å². The van der Waals surface area contributed by atoms with E-state index in [1.807, 2.05) is 60.7 Å². The molecule has 4 bridgehead atoms. The van der Waals surface area contributed by atoms with Gasteiger partial charge in [0.05, 0.1) is 0 Å². The highest BCUT2D eigenvalue weighted by Gasteiger charge is 2.53. The zero-order chi connectivity index (χ0) is 20.1. The Hall–Kier alpha value is -2.88. The highest BCUT2D eigenvalue weighted by molar-refractivity contribution is 6.10. The molecule has 0 radical (unpaired) electrons. The number of nitrogens with zero attached hydrogens (tertiary/aromatic N) is 3. The molecule has 0 atom stereocenters. The Balaban J connectivity index is 1.47. The van der Waals surface area contributed by atoms with Crippen molar-refractivity contribution in [3.05, 3.63) is 77.7 Å². The van der Waals surface area contributed by atoms with E-state index >= 15 is 0 Å². The van der Waals surface area contributed by atoms with Crippen LogP contribution in [0, 0.1) is 17.8 Å². The zero-order valence-electron chi connectivity index (χ0n) is 17.0. The van der Waals surface area contributed by atoms with E-state index in [1.165, 1.54) is 38.5 Å². The van der Waals surface area contributed by atoms with Gasteiger partial charge in [0.15, 0.2) is 11.5 Å². The van der Waals surface area contributed by atoms with E-state index in [0.717, 1.165) is 29.1 Å². The second-order valence-corrected chi connectivity index (χ2v) is 9.59. The van der Waals surface area contributed by atoms with Crippen molar-refractivity contribution in [1.29, 1.82) is 0 Å². The van der Waals surface area contributed by atoms with Gasteiger partial charge >= 0.3 is 0 Å². The molecule has 150 valence electrons. The van der Waals surface area contributed by atoms with Crippen LogP contribution in [0.5, 0.6) is 0 Å². The van der Waals surface area contributed by atoms with Gasteiger partial charge in [-0.3, -0.25) is 4.79 Å². The average Bonchev–Trinajstić information content (AvgIpc) is 2.78. The Morgan fingerprint density at radius 2 is 1.33 bits per heavy atom. The van der Waals surface area contributed by atoms with Gasteiger partial charge in [0.25, 0.3) is 0 Å². The van der Waals surface area contributed by atoms with Crippen LogP contribution in [0.25, 0.3) is 11.3 Å². The topological polar surface area (TPSA) is 55.7 Å². The van der Waals surface area contributed by atoms with Crippen LogP contribution in [-0.2, 0) is 5.41 Å². The summed E-state index contributed by atoms with van der Waals surface area (Å²) in [5.41, 5.74) is 2.62. The zero-order valence-corrected chi connectivity index (χ0v) is 17.0. The van der Waals surface area contributed by atoms with Crippen LogP contribution < -0.4 is 0 Å². The van der Waals surface area contributed by atoms with Crippen molar-refractivity contribution in [2.75, 3.05) is 0 Å². The van der Waals surface area contributed by atoms with Gasteiger partial charge in [0, 0.05) is 16.5 Å². The smallest absolute Gasteiger partial charge is 0.215 e. The number of hydrogen-bond donors (Lipinski definition) is 0. The molecule has 3 aromatic rings. The maximum absolute atomic E-state index is 13.3. The van der Waals surface area contributed by atoms with Crippen LogP contribution >= 0.6 is 0 Å². The van der Waals surface area contributed by atoms with Crippen molar-refractivity contribution in [2.24, 2.45) is 17.8 Å². The van der Waals surface area contributed by atoms with Gasteiger partial charge in [-0.1, -0.05) is 60.7 Å². The van der Waals surface area contributed by atoms with Crippen LogP contribution in [0.3, 0.4) is 0 Å². The predicted octanol–water partition coefficient (Wildman–Crippen LogP) is 5.24. The SMILES string of the molecule is O=C(c1ccccc1)c1nnc(C23CC4CC(CC(C4)C2)C3)nc1-c1ccccc1. The van der Waals surface area contributed by atoms with E-state index in [0.29, 0.717) is 17.0 Å². The monoisotopic (exact) mass is 395 g/mol. The lowest BCUT2D eigenvalue weighted by Gasteiger charge is -2.55. The third-order valence-corrected chi connectivity index (χ3v) is 7.50. The summed E-state index contributed by atoms with van der Waals surface area (Å²) in [6, 6.07) is 19.3. The molecular formula is C26H25N3O. The summed E-state index contributed by atoms with van der Waals surface area (Å²) in [5, 5.41) is 9.15. The van der Waals surface area contributed by atoms with Gasteiger partial charge in [-0.15, -0.1) is 10.2 Å². The summed E-state index contributed by atoms with van der Waals surface area (Å²) >= 11 is 0. The Morgan fingerprint density at radius 1 is 0.767 bits per heavy atom. The molecule has 0 spiro atoms. The molecule has 0 saturated heterocycles. The number of carbonyl (C=O) groups excluding carboxylic acids is 1. The van der Waals surface area contributed by atoms with Crippen LogP contribution in [-0.4, -0.2) is 21.0 Å². The third-order valence-electron chi connectivity index (χ3n) is 7.50. The highest BCUT2D eigenvalue weighted by Crippen LogP contribution is 2.60. The molecular weight excluding hydrogens is 370 g/mol. The van der Waals surface area contributed by atoms with Gasteiger partial charge in [-0.25, -0.2) is 4.98 Å². The Morgan fingerprint density at radius 3 is 1.93 bits per heavy atom. The molecule has 0 aliphatic heterocycles. The molecule has 7 rings (SSSR count). The van der Waals surface area contributed by atoms with E-state index in [4.69, 9.17) is 4.98 Å². The summed E-state index contributed by atoms with van der Waals surface area (Å²) in [7, 11) is 0. The first-order valence-electron chi connectivity index (χ1n) is 11.1. The number of benzene rings is 2. The largest absolute Gasteiger partial charge is 0.287 e. The molecule has 0 amide bonds. The number of ketones is 1. The van der Waals surface area contributed by atoms with E-state index in [9.17, 15) is 4.79 Å². The number of hydrogen-bond acceptors (Lipinski definition) is 4. The van der Waals surface area contributed by atoms with E-state index in [2.05, 4.69) is 10.2 Å². The quantitative estimate of drug-likeness (QED) is 0.567. The lowest BCUT2D eigenvalue weighted by Crippen LogP contribution is -2.49. The molecule has 4 nitrogen and oxygen atoms in total. The first-order chi connectivity index (χ1) is 14.7. The van der Waals surface area contributed by atoms with E-state index in [1.54, 1.807) is 0 Å². The molecule has 30 heavy (non-hydrogen) atoms. The van der Waals surface area contributed by atoms with Crippen molar-refractivity contribution in [3.63, 3.8) is 0 Å². The first-order valence-corrected chi connectivity index (χ1v) is 11.1. The minimum atomic E-state index is -0.119. The summed E-state index contributed by atoms with van der Waals surface area (Å²) in [4.78, 5) is 18.3. The average molecular weight is 396 g/mol. The number of rotatable bonds is 4. The minimum absolute atomic E-state index is 0.0552.